The minimum Gasteiger partial charge on any atom is -0.481 e. The van der Waals surface area contributed by atoms with Gasteiger partial charge in [-0.05, 0) is 38.3 Å². The second-order valence-corrected chi connectivity index (χ2v) is 5.20. The lowest BCUT2D eigenvalue weighted by atomic mass is 9.84. The Morgan fingerprint density at radius 1 is 1.53 bits per heavy atom. The van der Waals surface area contributed by atoms with Gasteiger partial charge in [0.05, 0.1) is 5.41 Å². The van der Waals surface area contributed by atoms with Gasteiger partial charge in [-0.15, -0.1) is 0 Å². The van der Waals surface area contributed by atoms with Gasteiger partial charge >= 0.3 is 5.97 Å². The molecular formula is C12H21NO2. The fourth-order valence-electron chi connectivity index (χ4n) is 2.54. The van der Waals surface area contributed by atoms with Gasteiger partial charge in [0.2, 0.25) is 0 Å². The number of carboxylic acid groups (broad SMARTS) is 1. The molecule has 15 heavy (non-hydrogen) atoms. The average Bonchev–Trinajstić information content (AvgIpc) is 2.95. The predicted octanol–water partition coefficient (Wildman–Crippen LogP) is 1.97. The SMILES string of the molecule is CCC1(C(=O)O)CCN(CCC2CC2)C1. The molecule has 0 amide bonds. The van der Waals surface area contributed by atoms with E-state index in [1.807, 2.05) is 6.92 Å². The van der Waals surface area contributed by atoms with E-state index in [-0.39, 0.29) is 0 Å². The van der Waals surface area contributed by atoms with E-state index in [2.05, 4.69) is 4.90 Å². The third kappa shape index (κ3) is 2.33. The molecule has 1 heterocycles. The van der Waals surface area contributed by atoms with Crippen LogP contribution in [0.4, 0.5) is 0 Å². The van der Waals surface area contributed by atoms with E-state index in [4.69, 9.17) is 0 Å². The first-order chi connectivity index (χ1) is 7.16. The summed E-state index contributed by atoms with van der Waals surface area (Å²) < 4.78 is 0. The number of hydrogen-bond donors (Lipinski definition) is 1. The molecule has 1 N–H and O–H groups in total. The molecule has 3 heteroatoms. The highest BCUT2D eigenvalue weighted by Gasteiger charge is 2.43. The Labute approximate surface area is 91.5 Å². The van der Waals surface area contributed by atoms with E-state index in [1.54, 1.807) is 0 Å². The van der Waals surface area contributed by atoms with E-state index in [0.29, 0.717) is 0 Å². The van der Waals surface area contributed by atoms with Crippen LogP contribution in [0.3, 0.4) is 0 Å². The smallest absolute Gasteiger partial charge is 0.310 e. The van der Waals surface area contributed by atoms with Crippen molar-refractivity contribution in [2.45, 2.75) is 39.0 Å². The molecule has 1 saturated carbocycles. The van der Waals surface area contributed by atoms with Gasteiger partial charge in [0, 0.05) is 6.54 Å². The molecule has 2 aliphatic rings. The van der Waals surface area contributed by atoms with Gasteiger partial charge in [0.15, 0.2) is 0 Å². The van der Waals surface area contributed by atoms with Crippen molar-refractivity contribution in [3.8, 4) is 0 Å². The van der Waals surface area contributed by atoms with E-state index >= 15 is 0 Å². The number of carboxylic acids is 1. The Morgan fingerprint density at radius 3 is 2.73 bits per heavy atom. The number of rotatable bonds is 5. The molecule has 0 aromatic rings. The van der Waals surface area contributed by atoms with Crippen LogP contribution in [0.25, 0.3) is 0 Å². The third-order valence-corrected chi connectivity index (χ3v) is 4.11. The highest BCUT2D eigenvalue weighted by atomic mass is 16.4. The van der Waals surface area contributed by atoms with Gasteiger partial charge < -0.3 is 10.0 Å². The van der Waals surface area contributed by atoms with Gasteiger partial charge in [-0.2, -0.15) is 0 Å². The van der Waals surface area contributed by atoms with Crippen molar-refractivity contribution in [3.05, 3.63) is 0 Å². The van der Waals surface area contributed by atoms with Crippen molar-refractivity contribution in [1.29, 1.82) is 0 Å². The topological polar surface area (TPSA) is 40.5 Å². The number of carbonyl (C=O) groups is 1. The lowest BCUT2D eigenvalue weighted by Gasteiger charge is -2.23. The van der Waals surface area contributed by atoms with Crippen LogP contribution < -0.4 is 0 Å². The highest BCUT2D eigenvalue weighted by Crippen LogP contribution is 2.36. The van der Waals surface area contributed by atoms with Crippen LogP contribution in [0.2, 0.25) is 0 Å². The zero-order valence-electron chi connectivity index (χ0n) is 9.54. The second-order valence-electron chi connectivity index (χ2n) is 5.20. The molecule has 0 aromatic heterocycles. The number of aliphatic carboxylic acids is 1. The average molecular weight is 211 g/mol. The Hall–Kier alpha value is -0.570. The van der Waals surface area contributed by atoms with Crippen LogP contribution >= 0.6 is 0 Å². The van der Waals surface area contributed by atoms with Crippen LogP contribution in [-0.2, 0) is 4.79 Å². The fraction of sp³-hybridized carbons (Fsp3) is 0.917. The normalized spacial score (nSPS) is 32.1. The van der Waals surface area contributed by atoms with Crippen molar-refractivity contribution in [2.75, 3.05) is 19.6 Å². The van der Waals surface area contributed by atoms with E-state index < -0.39 is 11.4 Å². The van der Waals surface area contributed by atoms with Gasteiger partial charge in [0.1, 0.15) is 0 Å². The minimum absolute atomic E-state index is 0.441. The lowest BCUT2D eigenvalue weighted by Crippen LogP contribution is -2.34. The first kappa shape index (κ1) is 10.9. The summed E-state index contributed by atoms with van der Waals surface area (Å²) in [6.07, 6.45) is 5.67. The molecule has 0 spiro atoms. The Kier molecular flexibility index (Phi) is 3.01. The molecular weight excluding hydrogens is 190 g/mol. The van der Waals surface area contributed by atoms with Crippen LogP contribution in [-0.4, -0.2) is 35.6 Å². The van der Waals surface area contributed by atoms with Crippen LogP contribution in [0, 0.1) is 11.3 Å². The summed E-state index contributed by atoms with van der Waals surface area (Å²) in [7, 11) is 0. The Bertz CT molecular complexity index is 250. The summed E-state index contributed by atoms with van der Waals surface area (Å²) in [5.41, 5.74) is -0.441. The van der Waals surface area contributed by atoms with Crippen LogP contribution in [0.1, 0.15) is 39.0 Å². The molecule has 3 nitrogen and oxygen atoms in total. The molecule has 1 unspecified atom stereocenters. The summed E-state index contributed by atoms with van der Waals surface area (Å²) >= 11 is 0. The van der Waals surface area contributed by atoms with Gasteiger partial charge in [-0.3, -0.25) is 4.79 Å². The summed E-state index contributed by atoms with van der Waals surface area (Å²) in [5.74, 6) is 0.352. The molecule has 2 rings (SSSR count). The van der Waals surface area contributed by atoms with Crippen molar-refractivity contribution in [3.63, 3.8) is 0 Å². The zero-order valence-corrected chi connectivity index (χ0v) is 9.54. The maximum atomic E-state index is 11.2. The number of nitrogens with zero attached hydrogens (tertiary/aromatic N) is 1. The molecule has 0 bridgehead atoms. The Morgan fingerprint density at radius 2 is 2.27 bits per heavy atom. The zero-order chi connectivity index (χ0) is 10.9. The molecule has 1 saturated heterocycles. The first-order valence-corrected chi connectivity index (χ1v) is 6.12. The summed E-state index contributed by atoms with van der Waals surface area (Å²) in [4.78, 5) is 13.6. The maximum Gasteiger partial charge on any atom is 0.310 e. The third-order valence-electron chi connectivity index (χ3n) is 4.11. The molecule has 1 aliphatic carbocycles. The summed E-state index contributed by atoms with van der Waals surface area (Å²) in [6.45, 7) is 4.86. The molecule has 86 valence electrons. The van der Waals surface area contributed by atoms with Crippen molar-refractivity contribution < 1.29 is 9.90 Å². The van der Waals surface area contributed by atoms with E-state index in [1.165, 1.54) is 19.3 Å². The van der Waals surface area contributed by atoms with E-state index in [9.17, 15) is 9.90 Å². The largest absolute Gasteiger partial charge is 0.481 e. The highest BCUT2D eigenvalue weighted by molar-refractivity contribution is 5.75. The van der Waals surface area contributed by atoms with Gasteiger partial charge in [-0.25, -0.2) is 0 Å². The number of hydrogen-bond acceptors (Lipinski definition) is 2. The summed E-state index contributed by atoms with van der Waals surface area (Å²) in [6, 6.07) is 0. The second kappa shape index (κ2) is 4.12. The quantitative estimate of drug-likeness (QED) is 0.756. The van der Waals surface area contributed by atoms with Crippen molar-refractivity contribution >= 4 is 5.97 Å². The lowest BCUT2D eigenvalue weighted by molar-refractivity contribution is -0.148. The molecule has 0 aromatic carbocycles. The van der Waals surface area contributed by atoms with Crippen LogP contribution in [0.15, 0.2) is 0 Å². The fourth-order valence-corrected chi connectivity index (χ4v) is 2.54. The Balaban J connectivity index is 1.83. The standard InChI is InChI=1S/C12H21NO2/c1-2-12(11(14)15)6-8-13(9-12)7-5-10-3-4-10/h10H,2-9H2,1H3,(H,14,15). The monoisotopic (exact) mass is 211 g/mol. The summed E-state index contributed by atoms with van der Waals surface area (Å²) in [5, 5.41) is 9.24. The molecule has 2 fully saturated rings. The van der Waals surface area contributed by atoms with E-state index in [0.717, 1.165) is 38.4 Å². The minimum atomic E-state index is -0.598. The van der Waals surface area contributed by atoms with Crippen LogP contribution in [0.5, 0.6) is 0 Å². The molecule has 1 aliphatic heterocycles. The van der Waals surface area contributed by atoms with Gasteiger partial charge in [-0.1, -0.05) is 19.8 Å². The maximum absolute atomic E-state index is 11.2. The molecule has 0 radical (unpaired) electrons. The first-order valence-electron chi connectivity index (χ1n) is 6.12. The van der Waals surface area contributed by atoms with Crippen molar-refractivity contribution in [1.82, 2.24) is 4.90 Å². The molecule has 1 atom stereocenters. The number of likely N-dealkylation sites (tertiary alicyclic amines) is 1. The van der Waals surface area contributed by atoms with Crippen molar-refractivity contribution in [2.24, 2.45) is 11.3 Å². The predicted molar refractivity (Wildman–Crippen MR) is 58.8 cm³/mol. The van der Waals surface area contributed by atoms with Gasteiger partial charge in [0.25, 0.3) is 0 Å².